The van der Waals surface area contributed by atoms with Gasteiger partial charge in [-0.25, -0.2) is 0 Å². The normalized spacial score (nSPS) is 13.3. The molecule has 1 aromatic heterocycles. The zero-order valence-electron chi connectivity index (χ0n) is 9.82. The summed E-state index contributed by atoms with van der Waals surface area (Å²) in [5.74, 6) is 0.948. The minimum atomic E-state index is 0.162. The summed E-state index contributed by atoms with van der Waals surface area (Å²) in [5, 5.41) is 3.54. The van der Waals surface area contributed by atoms with Gasteiger partial charge in [0.15, 0.2) is 0 Å². The average Bonchev–Trinajstić information content (AvgIpc) is 2.77. The number of hydrogen-bond donors (Lipinski definition) is 1. The van der Waals surface area contributed by atoms with Crippen LogP contribution >= 0.6 is 0 Å². The Hall–Kier alpha value is -0.800. The van der Waals surface area contributed by atoms with Gasteiger partial charge in [-0.2, -0.15) is 0 Å². The third-order valence-corrected chi connectivity index (χ3v) is 2.64. The van der Waals surface area contributed by atoms with E-state index in [2.05, 4.69) is 19.2 Å². The number of methoxy groups -OCH3 is 1. The maximum atomic E-state index is 5.40. The van der Waals surface area contributed by atoms with Crippen molar-refractivity contribution >= 4 is 0 Å². The second-order valence-electron chi connectivity index (χ2n) is 3.70. The molecule has 0 aliphatic carbocycles. The zero-order valence-corrected chi connectivity index (χ0v) is 9.82. The van der Waals surface area contributed by atoms with Crippen molar-refractivity contribution < 1.29 is 9.15 Å². The van der Waals surface area contributed by atoms with Crippen molar-refractivity contribution in [2.45, 2.75) is 38.8 Å². The molecule has 0 amide bonds. The fourth-order valence-corrected chi connectivity index (χ4v) is 1.68. The van der Waals surface area contributed by atoms with E-state index in [0.29, 0.717) is 12.6 Å². The van der Waals surface area contributed by atoms with Gasteiger partial charge in [-0.3, -0.25) is 0 Å². The molecule has 0 aliphatic heterocycles. The molecule has 86 valence electrons. The lowest BCUT2D eigenvalue weighted by Gasteiger charge is -2.22. The van der Waals surface area contributed by atoms with Gasteiger partial charge in [0, 0.05) is 13.2 Å². The molecule has 1 rings (SSSR count). The molecule has 0 fully saturated rings. The lowest BCUT2D eigenvalue weighted by atomic mass is 10.1. The maximum absolute atomic E-state index is 5.40. The second-order valence-corrected chi connectivity index (χ2v) is 3.70. The molecule has 0 saturated heterocycles. The van der Waals surface area contributed by atoms with Gasteiger partial charge in [0.1, 0.15) is 5.76 Å². The van der Waals surface area contributed by atoms with Gasteiger partial charge in [-0.15, -0.1) is 0 Å². The van der Waals surface area contributed by atoms with Gasteiger partial charge in [-0.1, -0.05) is 13.8 Å². The SMILES string of the molecule is CCC(CC)NC(COC)c1ccco1. The lowest BCUT2D eigenvalue weighted by Crippen LogP contribution is -2.34. The highest BCUT2D eigenvalue weighted by atomic mass is 16.5. The Morgan fingerprint density at radius 3 is 2.60 bits per heavy atom. The number of hydrogen-bond acceptors (Lipinski definition) is 3. The first-order valence-electron chi connectivity index (χ1n) is 5.60. The van der Waals surface area contributed by atoms with Crippen LogP contribution in [0.2, 0.25) is 0 Å². The molecule has 0 saturated carbocycles. The highest BCUT2D eigenvalue weighted by Gasteiger charge is 2.16. The van der Waals surface area contributed by atoms with Crippen LogP contribution in [-0.2, 0) is 4.74 Å². The summed E-state index contributed by atoms with van der Waals surface area (Å²) in [6, 6.07) is 4.58. The number of nitrogens with one attached hydrogen (secondary N) is 1. The third-order valence-electron chi connectivity index (χ3n) is 2.64. The summed E-state index contributed by atoms with van der Waals surface area (Å²) >= 11 is 0. The van der Waals surface area contributed by atoms with Crippen LogP contribution in [0.1, 0.15) is 38.5 Å². The van der Waals surface area contributed by atoms with Crippen LogP contribution in [0.15, 0.2) is 22.8 Å². The molecule has 0 aliphatic rings. The maximum Gasteiger partial charge on any atom is 0.123 e. The Balaban J connectivity index is 2.58. The fraction of sp³-hybridized carbons (Fsp3) is 0.667. The molecule has 3 nitrogen and oxygen atoms in total. The topological polar surface area (TPSA) is 34.4 Å². The molecule has 0 bridgehead atoms. The van der Waals surface area contributed by atoms with E-state index >= 15 is 0 Å². The summed E-state index contributed by atoms with van der Waals surface area (Å²) in [6.07, 6.45) is 3.95. The molecular weight excluding hydrogens is 190 g/mol. The Morgan fingerprint density at radius 2 is 2.13 bits per heavy atom. The molecule has 1 N–H and O–H groups in total. The van der Waals surface area contributed by atoms with Gasteiger partial charge < -0.3 is 14.5 Å². The number of furan rings is 1. The highest BCUT2D eigenvalue weighted by Crippen LogP contribution is 2.15. The van der Waals surface area contributed by atoms with Crippen molar-refractivity contribution in [2.75, 3.05) is 13.7 Å². The monoisotopic (exact) mass is 211 g/mol. The summed E-state index contributed by atoms with van der Waals surface area (Å²) in [5.41, 5.74) is 0. The first-order chi connectivity index (χ1) is 7.31. The van der Waals surface area contributed by atoms with E-state index in [9.17, 15) is 0 Å². The van der Waals surface area contributed by atoms with Gasteiger partial charge in [0.25, 0.3) is 0 Å². The molecule has 0 radical (unpaired) electrons. The molecule has 15 heavy (non-hydrogen) atoms. The standard InChI is InChI=1S/C12H21NO2/c1-4-10(5-2)13-11(9-14-3)12-7-6-8-15-12/h6-8,10-11,13H,4-5,9H2,1-3H3. The molecule has 3 heteroatoms. The Labute approximate surface area is 91.8 Å². The van der Waals surface area contributed by atoms with E-state index < -0.39 is 0 Å². The highest BCUT2D eigenvalue weighted by molar-refractivity contribution is 5.04. The first kappa shape index (κ1) is 12.3. The molecule has 1 unspecified atom stereocenters. The van der Waals surface area contributed by atoms with Crippen molar-refractivity contribution in [1.29, 1.82) is 0 Å². The van der Waals surface area contributed by atoms with Crippen LogP contribution in [-0.4, -0.2) is 19.8 Å². The quantitative estimate of drug-likeness (QED) is 0.753. The molecule has 0 aromatic carbocycles. The van der Waals surface area contributed by atoms with Gasteiger partial charge in [-0.05, 0) is 25.0 Å². The zero-order chi connectivity index (χ0) is 11.1. The van der Waals surface area contributed by atoms with Gasteiger partial charge in [0.2, 0.25) is 0 Å². The van der Waals surface area contributed by atoms with Crippen molar-refractivity contribution in [1.82, 2.24) is 5.32 Å². The summed E-state index contributed by atoms with van der Waals surface area (Å²) in [6.45, 7) is 5.02. The van der Waals surface area contributed by atoms with Crippen molar-refractivity contribution in [2.24, 2.45) is 0 Å². The van der Waals surface area contributed by atoms with E-state index in [0.717, 1.165) is 18.6 Å². The molecule has 1 heterocycles. The van der Waals surface area contributed by atoms with Crippen LogP contribution in [0.5, 0.6) is 0 Å². The molecule has 0 spiro atoms. The second kappa shape index (κ2) is 6.64. The Morgan fingerprint density at radius 1 is 1.40 bits per heavy atom. The Bertz CT molecular complexity index is 242. The van der Waals surface area contributed by atoms with Gasteiger partial charge >= 0.3 is 0 Å². The molecular formula is C12H21NO2. The number of ether oxygens (including phenoxy) is 1. The van der Waals surface area contributed by atoms with Gasteiger partial charge in [0.05, 0.1) is 18.9 Å². The Kier molecular flexibility index (Phi) is 5.43. The van der Waals surface area contributed by atoms with Crippen molar-refractivity contribution in [3.05, 3.63) is 24.2 Å². The fourth-order valence-electron chi connectivity index (χ4n) is 1.68. The summed E-state index contributed by atoms with van der Waals surface area (Å²) in [4.78, 5) is 0. The minimum Gasteiger partial charge on any atom is -0.468 e. The van der Waals surface area contributed by atoms with E-state index in [4.69, 9.17) is 9.15 Å². The van der Waals surface area contributed by atoms with E-state index in [1.54, 1.807) is 13.4 Å². The summed E-state index contributed by atoms with van der Waals surface area (Å²) in [7, 11) is 1.71. The first-order valence-corrected chi connectivity index (χ1v) is 5.60. The number of rotatable bonds is 7. The lowest BCUT2D eigenvalue weighted by molar-refractivity contribution is 0.149. The predicted molar refractivity (Wildman–Crippen MR) is 60.8 cm³/mol. The van der Waals surface area contributed by atoms with E-state index in [-0.39, 0.29) is 6.04 Å². The minimum absolute atomic E-state index is 0.162. The average molecular weight is 211 g/mol. The molecule has 1 aromatic rings. The van der Waals surface area contributed by atoms with Crippen LogP contribution in [0, 0.1) is 0 Å². The van der Waals surface area contributed by atoms with E-state index in [1.807, 2.05) is 12.1 Å². The predicted octanol–water partition coefficient (Wildman–Crippen LogP) is 2.75. The van der Waals surface area contributed by atoms with Crippen LogP contribution in [0.4, 0.5) is 0 Å². The summed E-state index contributed by atoms with van der Waals surface area (Å²) < 4.78 is 10.6. The third kappa shape index (κ3) is 3.68. The van der Waals surface area contributed by atoms with Crippen LogP contribution in [0.25, 0.3) is 0 Å². The van der Waals surface area contributed by atoms with Crippen molar-refractivity contribution in [3.63, 3.8) is 0 Å². The smallest absolute Gasteiger partial charge is 0.123 e. The van der Waals surface area contributed by atoms with Crippen molar-refractivity contribution in [3.8, 4) is 0 Å². The van der Waals surface area contributed by atoms with E-state index in [1.165, 1.54) is 0 Å². The van der Waals surface area contributed by atoms with Crippen LogP contribution < -0.4 is 5.32 Å². The molecule has 1 atom stereocenters. The largest absolute Gasteiger partial charge is 0.468 e. The van der Waals surface area contributed by atoms with Crippen LogP contribution in [0.3, 0.4) is 0 Å².